The minimum absolute atomic E-state index is 0.0801. The number of thiocarbonyl (C=S) groups is 1. The maximum absolute atomic E-state index is 11.8. The summed E-state index contributed by atoms with van der Waals surface area (Å²) in [5.74, 6) is -0.0801. The van der Waals surface area contributed by atoms with E-state index >= 15 is 0 Å². The number of carbonyl (C=O) groups excluding carboxylic acids is 1. The number of hydrogen-bond donors (Lipinski definition) is 2. The van der Waals surface area contributed by atoms with Crippen molar-refractivity contribution >= 4 is 28.9 Å². The van der Waals surface area contributed by atoms with Crippen LogP contribution in [-0.2, 0) is 11.2 Å². The molecular formula is C17H18N2OS. The average Bonchev–Trinajstić information content (AvgIpc) is 2.48. The van der Waals surface area contributed by atoms with E-state index in [0.717, 1.165) is 11.3 Å². The monoisotopic (exact) mass is 298 g/mol. The Labute approximate surface area is 130 Å². The average molecular weight is 298 g/mol. The van der Waals surface area contributed by atoms with Crippen LogP contribution in [0.2, 0.25) is 0 Å². The summed E-state index contributed by atoms with van der Waals surface area (Å²) < 4.78 is 0. The minimum atomic E-state index is -0.0801. The predicted molar refractivity (Wildman–Crippen MR) is 90.3 cm³/mol. The molecule has 1 amide bonds. The molecule has 2 rings (SSSR count). The quantitative estimate of drug-likeness (QED) is 0.850. The zero-order chi connectivity index (χ0) is 15.1. The van der Waals surface area contributed by atoms with Crippen LogP contribution >= 0.6 is 12.2 Å². The molecule has 0 radical (unpaired) electrons. The molecule has 0 fully saturated rings. The SMILES string of the molecule is Cc1ccc(NC(=S)NC(=O)CCc2ccccc2)cc1. The molecule has 0 saturated carbocycles. The van der Waals surface area contributed by atoms with Crippen LogP contribution in [0, 0.1) is 6.92 Å². The van der Waals surface area contributed by atoms with Gasteiger partial charge in [0.25, 0.3) is 0 Å². The van der Waals surface area contributed by atoms with Crippen molar-refractivity contribution in [3.63, 3.8) is 0 Å². The van der Waals surface area contributed by atoms with E-state index in [1.807, 2.05) is 61.5 Å². The molecule has 0 atom stereocenters. The molecule has 4 heteroatoms. The van der Waals surface area contributed by atoms with Crippen molar-refractivity contribution in [2.75, 3.05) is 5.32 Å². The Hall–Kier alpha value is -2.20. The Kier molecular flexibility index (Phi) is 5.46. The van der Waals surface area contributed by atoms with Gasteiger partial charge in [-0.1, -0.05) is 48.0 Å². The molecule has 0 saturated heterocycles. The van der Waals surface area contributed by atoms with E-state index in [4.69, 9.17) is 12.2 Å². The lowest BCUT2D eigenvalue weighted by molar-refractivity contribution is -0.119. The first-order valence-electron chi connectivity index (χ1n) is 6.85. The molecule has 0 aromatic heterocycles. The fourth-order valence-electron chi connectivity index (χ4n) is 1.89. The molecule has 2 aromatic rings. The van der Waals surface area contributed by atoms with Gasteiger partial charge < -0.3 is 10.6 Å². The first-order chi connectivity index (χ1) is 10.1. The summed E-state index contributed by atoms with van der Waals surface area (Å²) in [6.07, 6.45) is 1.12. The van der Waals surface area contributed by atoms with E-state index in [1.54, 1.807) is 0 Å². The molecule has 0 heterocycles. The first kappa shape index (κ1) is 15.2. The topological polar surface area (TPSA) is 41.1 Å². The normalized spacial score (nSPS) is 9.95. The van der Waals surface area contributed by atoms with Crippen LogP contribution in [-0.4, -0.2) is 11.0 Å². The van der Waals surface area contributed by atoms with Gasteiger partial charge in [0.1, 0.15) is 0 Å². The Balaban J connectivity index is 1.77. The van der Waals surface area contributed by atoms with Crippen molar-refractivity contribution in [1.29, 1.82) is 0 Å². The largest absolute Gasteiger partial charge is 0.332 e. The molecule has 0 aliphatic heterocycles. The zero-order valence-corrected chi connectivity index (χ0v) is 12.7. The van der Waals surface area contributed by atoms with Crippen LogP contribution in [0.25, 0.3) is 0 Å². The standard InChI is InChI=1S/C17H18N2OS/c1-13-7-10-15(11-8-13)18-17(21)19-16(20)12-9-14-5-3-2-4-6-14/h2-8,10-11H,9,12H2,1H3,(H2,18,19,20,21). The summed E-state index contributed by atoms with van der Waals surface area (Å²) in [5.41, 5.74) is 3.19. The first-order valence-corrected chi connectivity index (χ1v) is 7.26. The van der Waals surface area contributed by atoms with Gasteiger partial charge in [0.2, 0.25) is 5.91 Å². The summed E-state index contributed by atoms with van der Waals surface area (Å²) >= 11 is 5.13. The Morgan fingerprint density at radius 3 is 2.38 bits per heavy atom. The Morgan fingerprint density at radius 2 is 1.71 bits per heavy atom. The predicted octanol–water partition coefficient (Wildman–Crippen LogP) is 3.44. The molecule has 0 unspecified atom stereocenters. The van der Waals surface area contributed by atoms with Gasteiger partial charge in [-0.3, -0.25) is 4.79 Å². The van der Waals surface area contributed by atoms with Crippen molar-refractivity contribution < 1.29 is 4.79 Å². The maximum Gasteiger partial charge on any atom is 0.226 e. The van der Waals surface area contributed by atoms with Crippen molar-refractivity contribution in [3.8, 4) is 0 Å². The highest BCUT2D eigenvalue weighted by molar-refractivity contribution is 7.80. The smallest absolute Gasteiger partial charge is 0.226 e. The van der Waals surface area contributed by atoms with Crippen molar-refractivity contribution in [2.45, 2.75) is 19.8 Å². The van der Waals surface area contributed by atoms with Crippen LogP contribution in [0.4, 0.5) is 5.69 Å². The van der Waals surface area contributed by atoms with E-state index < -0.39 is 0 Å². The molecule has 0 aliphatic carbocycles. The van der Waals surface area contributed by atoms with Gasteiger partial charge in [-0.15, -0.1) is 0 Å². The van der Waals surface area contributed by atoms with E-state index in [9.17, 15) is 4.79 Å². The number of benzene rings is 2. The van der Waals surface area contributed by atoms with E-state index in [1.165, 1.54) is 5.56 Å². The molecule has 0 bridgehead atoms. The summed E-state index contributed by atoms with van der Waals surface area (Å²) in [4.78, 5) is 11.8. The van der Waals surface area contributed by atoms with Gasteiger partial charge in [-0.25, -0.2) is 0 Å². The minimum Gasteiger partial charge on any atom is -0.332 e. The molecular weight excluding hydrogens is 280 g/mol. The van der Waals surface area contributed by atoms with Crippen LogP contribution in [0.3, 0.4) is 0 Å². The molecule has 0 spiro atoms. The van der Waals surface area contributed by atoms with Crippen LogP contribution < -0.4 is 10.6 Å². The van der Waals surface area contributed by atoms with E-state index in [2.05, 4.69) is 10.6 Å². The van der Waals surface area contributed by atoms with Crippen LogP contribution in [0.5, 0.6) is 0 Å². The van der Waals surface area contributed by atoms with Crippen LogP contribution in [0.15, 0.2) is 54.6 Å². The number of rotatable bonds is 4. The molecule has 2 aromatic carbocycles. The zero-order valence-electron chi connectivity index (χ0n) is 11.9. The Bertz CT molecular complexity index is 608. The molecule has 108 valence electrons. The lowest BCUT2D eigenvalue weighted by atomic mass is 10.1. The van der Waals surface area contributed by atoms with E-state index in [0.29, 0.717) is 18.0 Å². The lowest BCUT2D eigenvalue weighted by Crippen LogP contribution is -2.34. The third kappa shape index (κ3) is 5.36. The molecule has 0 aliphatic rings. The van der Waals surface area contributed by atoms with Crippen molar-refractivity contribution in [1.82, 2.24) is 5.32 Å². The fraction of sp³-hybridized carbons (Fsp3) is 0.176. The highest BCUT2D eigenvalue weighted by Gasteiger charge is 2.05. The number of aryl methyl sites for hydroxylation is 2. The molecule has 2 N–H and O–H groups in total. The second-order valence-corrected chi connectivity index (χ2v) is 5.26. The van der Waals surface area contributed by atoms with Gasteiger partial charge in [0, 0.05) is 12.1 Å². The Morgan fingerprint density at radius 1 is 1.05 bits per heavy atom. The highest BCUT2D eigenvalue weighted by Crippen LogP contribution is 2.08. The van der Waals surface area contributed by atoms with Gasteiger partial charge >= 0.3 is 0 Å². The number of nitrogens with one attached hydrogen (secondary N) is 2. The lowest BCUT2D eigenvalue weighted by Gasteiger charge is -2.09. The van der Waals surface area contributed by atoms with Gasteiger partial charge in [-0.2, -0.15) is 0 Å². The number of carbonyl (C=O) groups is 1. The van der Waals surface area contributed by atoms with Gasteiger partial charge in [0.15, 0.2) is 5.11 Å². The van der Waals surface area contributed by atoms with Crippen molar-refractivity contribution in [2.24, 2.45) is 0 Å². The maximum atomic E-state index is 11.8. The number of hydrogen-bond acceptors (Lipinski definition) is 2. The second-order valence-electron chi connectivity index (χ2n) is 4.85. The van der Waals surface area contributed by atoms with Crippen LogP contribution in [0.1, 0.15) is 17.5 Å². The summed E-state index contributed by atoms with van der Waals surface area (Å²) in [6, 6.07) is 17.8. The third-order valence-corrected chi connectivity index (χ3v) is 3.25. The second kappa shape index (κ2) is 7.55. The number of amides is 1. The van der Waals surface area contributed by atoms with Crippen molar-refractivity contribution in [3.05, 3.63) is 65.7 Å². The highest BCUT2D eigenvalue weighted by atomic mass is 32.1. The summed E-state index contributed by atoms with van der Waals surface area (Å²) in [5, 5.41) is 6.02. The fourth-order valence-corrected chi connectivity index (χ4v) is 2.12. The third-order valence-electron chi connectivity index (χ3n) is 3.05. The van der Waals surface area contributed by atoms with E-state index in [-0.39, 0.29) is 5.91 Å². The van der Waals surface area contributed by atoms with Gasteiger partial charge in [-0.05, 0) is 43.3 Å². The summed E-state index contributed by atoms with van der Waals surface area (Å²) in [7, 11) is 0. The molecule has 3 nitrogen and oxygen atoms in total. The van der Waals surface area contributed by atoms with Gasteiger partial charge in [0.05, 0.1) is 0 Å². The molecule has 21 heavy (non-hydrogen) atoms. The summed E-state index contributed by atoms with van der Waals surface area (Å²) in [6.45, 7) is 2.02. The number of anilines is 1.